The predicted octanol–water partition coefficient (Wildman–Crippen LogP) is 1.76. The van der Waals surface area contributed by atoms with Crippen LogP contribution in [0.1, 0.15) is 19.4 Å². The molecule has 0 heterocycles. The van der Waals surface area contributed by atoms with Gasteiger partial charge in [-0.3, -0.25) is 20.2 Å². The molecule has 0 saturated heterocycles. The molecule has 0 fully saturated rings. The Morgan fingerprint density at radius 1 is 1.36 bits per heavy atom. The van der Waals surface area contributed by atoms with Crippen molar-refractivity contribution in [3.8, 4) is 5.75 Å². The van der Waals surface area contributed by atoms with Crippen LogP contribution in [0.25, 0.3) is 0 Å². The molecule has 0 atom stereocenters. The van der Waals surface area contributed by atoms with Gasteiger partial charge >= 0.3 is 6.03 Å². The standard InChI is InChI=1S/C14H19N3O5/c1-9(2)7-15-14(19)16-13(18)8-22-11-4-5-12(17(20)21)10(3)6-11/h4-6,9H,7-8H2,1-3H3,(H2,15,16,18,19). The molecule has 1 aromatic rings. The van der Waals surface area contributed by atoms with Gasteiger partial charge in [0, 0.05) is 18.2 Å². The zero-order valence-electron chi connectivity index (χ0n) is 12.7. The zero-order chi connectivity index (χ0) is 16.7. The monoisotopic (exact) mass is 309 g/mol. The molecule has 1 rings (SSSR count). The van der Waals surface area contributed by atoms with Crippen LogP contribution in [0, 0.1) is 23.0 Å². The molecule has 8 heteroatoms. The Labute approximate surface area is 128 Å². The van der Waals surface area contributed by atoms with Crippen LogP contribution in [0.4, 0.5) is 10.5 Å². The summed E-state index contributed by atoms with van der Waals surface area (Å²) in [5, 5.41) is 15.4. The molecule has 22 heavy (non-hydrogen) atoms. The van der Waals surface area contributed by atoms with Crippen molar-refractivity contribution in [3.63, 3.8) is 0 Å². The van der Waals surface area contributed by atoms with Crippen LogP contribution in [0.15, 0.2) is 18.2 Å². The first-order valence-electron chi connectivity index (χ1n) is 6.75. The molecule has 0 aliphatic heterocycles. The smallest absolute Gasteiger partial charge is 0.321 e. The lowest BCUT2D eigenvalue weighted by molar-refractivity contribution is -0.385. The highest BCUT2D eigenvalue weighted by Crippen LogP contribution is 2.22. The second-order valence-corrected chi connectivity index (χ2v) is 5.15. The SMILES string of the molecule is Cc1cc(OCC(=O)NC(=O)NCC(C)C)ccc1[N+](=O)[O-]. The molecule has 8 nitrogen and oxygen atoms in total. The Morgan fingerprint density at radius 3 is 2.59 bits per heavy atom. The van der Waals surface area contributed by atoms with Crippen molar-refractivity contribution in [1.82, 2.24) is 10.6 Å². The Kier molecular flexibility index (Phi) is 6.30. The molecule has 0 aromatic heterocycles. The Hall–Kier alpha value is -2.64. The van der Waals surface area contributed by atoms with E-state index in [1.807, 2.05) is 13.8 Å². The topological polar surface area (TPSA) is 111 Å². The molecule has 0 saturated carbocycles. The molecular weight excluding hydrogens is 290 g/mol. The van der Waals surface area contributed by atoms with E-state index in [1.54, 1.807) is 6.92 Å². The van der Waals surface area contributed by atoms with Crippen LogP contribution < -0.4 is 15.4 Å². The second-order valence-electron chi connectivity index (χ2n) is 5.15. The quantitative estimate of drug-likeness (QED) is 0.614. The predicted molar refractivity (Wildman–Crippen MR) is 79.7 cm³/mol. The first-order chi connectivity index (χ1) is 10.3. The third kappa shape index (κ3) is 5.78. The molecule has 0 aliphatic carbocycles. The van der Waals surface area contributed by atoms with Crippen molar-refractivity contribution in [2.75, 3.05) is 13.2 Å². The van der Waals surface area contributed by atoms with Crippen molar-refractivity contribution < 1.29 is 19.2 Å². The number of imide groups is 1. The number of carbonyl (C=O) groups excluding carboxylic acids is 2. The van der Waals surface area contributed by atoms with E-state index in [1.165, 1.54) is 18.2 Å². The average Bonchev–Trinajstić information content (AvgIpc) is 2.42. The van der Waals surface area contributed by atoms with Gasteiger partial charge in [0.15, 0.2) is 6.61 Å². The number of hydrogen-bond acceptors (Lipinski definition) is 5. The number of amides is 3. The van der Waals surface area contributed by atoms with Crippen molar-refractivity contribution in [2.24, 2.45) is 5.92 Å². The maximum Gasteiger partial charge on any atom is 0.321 e. The summed E-state index contributed by atoms with van der Waals surface area (Å²) in [5.41, 5.74) is 0.405. The number of rotatable bonds is 6. The number of hydrogen-bond donors (Lipinski definition) is 2. The molecular formula is C14H19N3O5. The molecule has 0 spiro atoms. The zero-order valence-corrected chi connectivity index (χ0v) is 12.7. The number of aryl methyl sites for hydroxylation is 1. The summed E-state index contributed by atoms with van der Waals surface area (Å²) in [6.07, 6.45) is 0. The maximum atomic E-state index is 11.5. The van der Waals surface area contributed by atoms with Crippen LogP contribution in [-0.4, -0.2) is 30.0 Å². The number of benzene rings is 1. The Morgan fingerprint density at radius 2 is 2.05 bits per heavy atom. The maximum absolute atomic E-state index is 11.5. The normalized spacial score (nSPS) is 10.2. The fourth-order valence-corrected chi connectivity index (χ4v) is 1.58. The first-order valence-corrected chi connectivity index (χ1v) is 6.75. The average molecular weight is 309 g/mol. The van der Waals surface area contributed by atoms with Crippen LogP contribution in [0.3, 0.4) is 0 Å². The molecule has 0 bridgehead atoms. The number of urea groups is 1. The van der Waals surface area contributed by atoms with E-state index in [9.17, 15) is 19.7 Å². The summed E-state index contributed by atoms with van der Waals surface area (Å²) in [6, 6.07) is 3.58. The van der Waals surface area contributed by atoms with Gasteiger partial charge in [-0.2, -0.15) is 0 Å². The number of nitrogens with zero attached hydrogens (tertiary/aromatic N) is 1. The van der Waals surface area contributed by atoms with Gasteiger partial charge in [-0.1, -0.05) is 13.8 Å². The summed E-state index contributed by atoms with van der Waals surface area (Å²) < 4.78 is 5.20. The second kappa shape index (κ2) is 7.96. The van der Waals surface area contributed by atoms with E-state index in [0.29, 0.717) is 17.9 Å². The molecule has 0 unspecified atom stereocenters. The number of nitro benzene ring substituents is 1. The number of nitro groups is 1. The van der Waals surface area contributed by atoms with Gasteiger partial charge in [0.05, 0.1) is 4.92 Å². The molecule has 3 amide bonds. The highest BCUT2D eigenvalue weighted by molar-refractivity contribution is 5.94. The Bertz CT molecular complexity index is 572. The van der Waals surface area contributed by atoms with Crippen molar-refractivity contribution in [3.05, 3.63) is 33.9 Å². The van der Waals surface area contributed by atoms with Crippen LogP contribution in [-0.2, 0) is 4.79 Å². The number of ether oxygens (including phenoxy) is 1. The lowest BCUT2D eigenvalue weighted by Gasteiger charge is -2.09. The van der Waals surface area contributed by atoms with Crippen molar-refractivity contribution >= 4 is 17.6 Å². The molecule has 1 aromatic carbocycles. The van der Waals surface area contributed by atoms with E-state index in [4.69, 9.17) is 4.74 Å². The third-order valence-corrected chi connectivity index (χ3v) is 2.66. The highest BCUT2D eigenvalue weighted by atomic mass is 16.6. The molecule has 0 aliphatic rings. The van der Waals surface area contributed by atoms with Gasteiger partial charge in [0.25, 0.3) is 11.6 Å². The van der Waals surface area contributed by atoms with Gasteiger partial charge in [0.2, 0.25) is 0 Å². The highest BCUT2D eigenvalue weighted by Gasteiger charge is 2.12. The number of carbonyl (C=O) groups is 2. The minimum atomic E-state index is -0.600. The molecule has 120 valence electrons. The lowest BCUT2D eigenvalue weighted by Crippen LogP contribution is -2.42. The molecule has 2 N–H and O–H groups in total. The van der Waals surface area contributed by atoms with Gasteiger partial charge in [-0.05, 0) is 25.0 Å². The minimum absolute atomic E-state index is 0.0233. The van der Waals surface area contributed by atoms with E-state index in [-0.39, 0.29) is 18.2 Å². The summed E-state index contributed by atoms with van der Waals surface area (Å²) in [7, 11) is 0. The van der Waals surface area contributed by atoms with Crippen LogP contribution in [0.5, 0.6) is 5.75 Å². The van der Waals surface area contributed by atoms with Gasteiger partial charge < -0.3 is 10.1 Å². The third-order valence-electron chi connectivity index (χ3n) is 2.66. The summed E-state index contributed by atoms with van der Waals surface area (Å²) >= 11 is 0. The Balaban J connectivity index is 2.46. The van der Waals surface area contributed by atoms with E-state index >= 15 is 0 Å². The summed E-state index contributed by atoms with van der Waals surface area (Å²) in [6.45, 7) is 5.54. The van der Waals surface area contributed by atoms with Crippen LogP contribution in [0.2, 0.25) is 0 Å². The van der Waals surface area contributed by atoms with E-state index in [0.717, 1.165) is 0 Å². The van der Waals surface area contributed by atoms with E-state index in [2.05, 4.69) is 10.6 Å². The van der Waals surface area contributed by atoms with E-state index < -0.39 is 16.9 Å². The molecule has 0 radical (unpaired) electrons. The summed E-state index contributed by atoms with van der Waals surface area (Å²) in [5.74, 6) is -0.00159. The first kappa shape index (κ1) is 17.4. The fourth-order valence-electron chi connectivity index (χ4n) is 1.58. The fraction of sp³-hybridized carbons (Fsp3) is 0.429. The van der Waals surface area contributed by atoms with Gasteiger partial charge in [-0.25, -0.2) is 4.79 Å². The van der Waals surface area contributed by atoms with Crippen molar-refractivity contribution in [1.29, 1.82) is 0 Å². The minimum Gasteiger partial charge on any atom is -0.484 e. The largest absolute Gasteiger partial charge is 0.484 e. The van der Waals surface area contributed by atoms with Gasteiger partial charge in [-0.15, -0.1) is 0 Å². The van der Waals surface area contributed by atoms with Crippen LogP contribution >= 0.6 is 0 Å². The summed E-state index contributed by atoms with van der Waals surface area (Å²) in [4.78, 5) is 33.1. The number of nitrogens with one attached hydrogen (secondary N) is 2. The van der Waals surface area contributed by atoms with Gasteiger partial charge in [0.1, 0.15) is 5.75 Å². The van der Waals surface area contributed by atoms with Crippen molar-refractivity contribution in [2.45, 2.75) is 20.8 Å². The lowest BCUT2D eigenvalue weighted by atomic mass is 10.2.